The van der Waals surface area contributed by atoms with Crippen LogP contribution in [-0.4, -0.2) is 9.55 Å². The number of pyridine rings is 1. The van der Waals surface area contributed by atoms with Gasteiger partial charge in [-0.3, -0.25) is 0 Å². The molecule has 0 aliphatic rings. The summed E-state index contributed by atoms with van der Waals surface area (Å²) in [5, 5.41) is 10.6. The quantitative estimate of drug-likeness (QED) is 0.135. The van der Waals surface area contributed by atoms with Gasteiger partial charge >= 0.3 is 0 Å². The molecule has 0 saturated heterocycles. The summed E-state index contributed by atoms with van der Waals surface area (Å²) in [6.45, 7) is 0. The van der Waals surface area contributed by atoms with Gasteiger partial charge in [0.1, 0.15) is 0 Å². The monoisotopic (exact) mass is 670 g/mol. The van der Waals surface area contributed by atoms with E-state index in [1.807, 2.05) is 60.7 Å². The molecule has 0 aliphatic heterocycles. The molecule has 0 bridgehead atoms. The van der Waals surface area contributed by atoms with E-state index in [2.05, 4.69) is 132 Å². The number of nitrogens with zero attached hydrogens (tertiary/aromatic N) is 2. The Balaban J connectivity index is 1.27. The summed E-state index contributed by atoms with van der Waals surface area (Å²) >= 11 is 0. The second kappa shape index (κ2) is 11.7. The minimum Gasteiger partial charge on any atom is -0.309 e. The molecule has 10 aromatic rings. The summed E-state index contributed by atoms with van der Waals surface area (Å²) in [5.41, 5.74) is 6.23. The highest BCUT2D eigenvalue weighted by atomic mass is 31.2. The smallest absolute Gasteiger partial charge is 0.171 e. The Kier molecular flexibility index (Phi) is 6.77. The molecule has 0 radical (unpaired) electrons. The van der Waals surface area contributed by atoms with Crippen LogP contribution in [0.2, 0.25) is 0 Å². The van der Waals surface area contributed by atoms with Crippen molar-refractivity contribution in [3.05, 3.63) is 188 Å². The van der Waals surface area contributed by atoms with E-state index in [1.165, 1.54) is 21.5 Å². The molecule has 0 fully saturated rings. The summed E-state index contributed by atoms with van der Waals surface area (Å²) in [4.78, 5) is 5.45. The van der Waals surface area contributed by atoms with Gasteiger partial charge in [-0.2, -0.15) is 0 Å². The van der Waals surface area contributed by atoms with Crippen molar-refractivity contribution in [3.63, 3.8) is 0 Å². The highest BCUT2D eigenvalue weighted by molar-refractivity contribution is 7.85. The van der Waals surface area contributed by atoms with Crippen LogP contribution in [0.5, 0.6) is 0 Å². The Bertz CT molecular complexity index is 2940. The summed E-state index contributed by atoms with van der Waals surface area (Å²) in [6.07, 6.45) is 0. The first kappa shape index (κ1) is 29.6. The third kappa shape index (κ3) is 4.52. The lowest BCUT2D eigenvalue weighted by Gasteiger charge is -2.20. The van der Waals surface area contributed by atoms with Crippen LogP contribution >= 0.6 is 7.14 Å². The first-order valence-electron chi connectivity index (χ1n) is 17.3. The number of benzene rings is 8. The van der Waals surface area contributed by atoms with Crippen molar-refractivity contribution in [2.75, 3.05) is 0 Å². The Morgan fingerprint density at radius 1 is 0.451 bits per heavy atom. The highest BCUT2D eigenvalue weighted by Crippen LogP contribution is 2.45. The first-order valence-corrected chi connectivity index (χ1v) is 19.0. The van der Waals surface area contributed by atoms with Crippen LogP contribution in [0.4, 0.5) is 0 Å². The van der Waals surface area contributed by atoms with Crippen LogP contribution in [-0.2, 0) is 4.57 Å². The molecule has 51 heavy (non-hydrogen) atoms. The van der Waals surface area contributed by atoms with E-state index in [1.54, 1.807) is 0 Å². The van der Waals surface area contributed by atoms with Gasteiger partial charge < -0.3 is 9.13 Å². The Labute approximate surface area is 295 Å². The highest BCUT2D eigenvalue weighted by Gasteiger charge is 2.30. The molecule has 2 heterocycles. The molecule has 0 N–H and O–H groups in total. The molecule has 10 rings (SSSR count). The fraction of sp³-hybridized carbons (Fsp3) is 0. The van der Waals surface area contributed by atoms with Crippen LogP contribution in [0, 0.1) is 0 Å². The molecule has 2 aromatic heterocycles. The first-order chi connectivity index (χ1) is 25.2. The second-order valence-corrected chi connectivity index (χ2v) is 15.8. The van der Waals surface area contributed by atoms with E-state index in [9.17, 15) is 0 Å². The minimum atomic E-state index is -3.12. The van der Waals surface area contributed by atoms with Crippen LogP contribution in [0.25, 0.3) is 71.2 Å². The summed E-state index contributed by atoms with van der Waals surface area (Å²) in [7, 11) is -3.12. The zero-order valence-corrected chi connectivity index (χ0v) is 28.5. The fourth-order valence-electron chi connectivity index (χ4n) is 7.93. The van der Waals surface area contributed by atoms with E-state index in [0.29, 0.717) is 0 Å². The average Bonchev–Trinajstić information content (AvgIpc) is 3.56. The molecule has 0 amide bonds. The zero-order valence-electron chi connectivity index (χ0n) is 27.6. The van der Waals surface area contributed by atoms with Gasteiger partial charge in [-0.25, -0.2) is 4.98 Å². The molecular weight excluding hydrogens is 640 g/mol. The predicted octanol–water partition coefficient (Wildman–Crippen LogP) is 10.9. The third-order valence-electron chi connectivity index (χ3n) is 10.2. The van der Waals surface area contributed by atoms with Crippen LogP contribution < -0.4 is 15.9 Å². The van der Waals surface area contributed by atoms with E-state index < -0.39 is 7.14 Å². The molecule has 240 valence electrons. The third-order valence-corrected chi connectivity index (χ3v) is 13.3. The number of rotatable bonds is 5. The molecule has 0 spiro atoms. The summed E-state index contributed by atoms with van der Waals surface area (Å²) < 4.78 is 17.6. The molecule has 0 saturated carbocycles. The van der Waals surface area contributed by atoms with E-state index in [0.717, 1.165) is 65.6 Å². The Hall–Kier alpha value is -6.28. The van der Waals surface area contributed by atoms with Crippen molar-refractivity contribution < 1.29 is 4.57 Å². The van der Waals surface area contributed by atoms with E-state index in [4.69, 9.17) is 4.98 Å². The van der Waals surface area contributed by atoms with E-state index in [-0.39, 0.29) is 0 Å². The largest absolute Gasteiger partial charge is 0.309 e. The fourth-order valence-corrected chi connectivity index (χ4v) is 10.6. The number of hydrogen-bond acceptors (Lipinski definition) is 2. The van der Waals surface area contributed by atoms with Crippen molar-refractivity contribution in [2.24, 2.45) is 0 Å². The topological polar surface area (TPSA) is 34.9 Å². The number of aromatic nitrogens is 2. The number of hydrogen-bond donors (Lipinski definition) is 0. The zero-order chi connectivity index (χ0) is 33.9. The van der Waals surface area contributed by atoms with Crippen molar-refractivity contribution in [1.82, 2.24) is 9.55 Å². The lowest BCUT2D eigenvalue weighted by molar-refractivity contribution is 0.592. The SMILES string of the molecule is O=P(c1ccccc1)(c1ccccc1)c1ccc(-n2c3ccccc3c3c(-c4cc5ccccc5c5ccccc45)nc4ccccc4c32)cc1. The second-order valence-electron chi connectivity index (χ2n) is 13.0. The van der Waals surface area contributed by atoms with Crippen LogP contribution in [0.3, 0.4) is 0 Å². The molecule has 0 atom stereocenters. The summed E-state index contributed by atoms with van der Waals surface area (Å²) in [5.74, 6) is 0. The minimum absolute atomic E-state index is 0.805. The normalized spacial score (nSPS) is 12.0. The molecule has 4 heteroatoms. The van der Waals surface area contributed by atoms with Gasteiger partial charge in [0.15, 0.2) is 7.14 Å². The Morgan fingerprint density at radius 3 is 1.69 bits per heavy atom. The van der Waals surface area contributed by atoms with Gasteiger partial charge in [0, 0.05) is 43.3 Å². The molecule has 3 nitrogen and oxygen atoms in total. The summed E-state index contributed by atoms with van der Waals surface area (Å²) in [6, 6.07) is 64.7. The molecule has 8 aromatic carbocycles. The lowest BCUT2D eigenvalue weighted by Crippen LogP contribution is -2.24. The van der Waals surface area contributed by atoms with Gasteiger partial charge in [-0.15, -0.1) is 0 Å². The average molecular weight is 671 g/mol. The van der Waals surface area contributed by atoms with Crippen molar-refractivity contribution >= 4 is 77.3 Å². The maximum Gasteiger partial charge on any atom is 0.171 e. The molecule has 0 aliphatic carbocycles. The predicted molar refractivity (Wildman–Crippen MR) is 216 cm³/mol. The van der Waals surface area contributed by atoms with Crippen molar-refractivity contribution in [3.8, 4) is 16.9 Å². The van der Waals surface area contributed by atoms with E-state index >= 15 is 4.57 Å². The maximum absolute atomic E-state index is 15.2. The van der Waals surface area contributed by atoms with Crippen molar-refractivity contribution in [1.29, 1.82) is 0 Å². The maximum atomic E-state index is 15.2. The van der Waals surface area contributed by atoms with Crippen LogP contribution in [0.15, 0.2) is 188 Å². The van der Waals surface area contributed by atoms with Gasteiger partial charge in [0.25, 0.3) is 0 Å². The number of fused-ring (bicyclic) bond motifs is 8. The standard InChI is InChI=1S/C47H31N2OP/c50-51(34-16-3-1-4-17-34,35-18-5-2-6-19-35)36-29-27-33(28-30-36)49-44-26-14-12-24-41(44)45-46(48-43-25-13-11-23-40(43)47(45)49)42-31-32-15-7-8-20-37(32)38-21-9-10-22-39(38)42/h1-31H. The lowest BCUT2D eigenvalue weighted by atomic mass is 9.93. The number of para-hydroxylation sites is 2. The Morgan fingerprint density at radius 2 is 0.980 bits per heavy atom. The van der Waals surface area contributed by atoms with Gasteiger partial charge in [0.05, 0.1) is 22.2 Å². The van der Waals surface area contributed by atoms with Crippen LogP contribution in [0.1, 0.15) is 0 Å². The van der Waals surface area contributed by atoms with Gasteiger partial charge in [-0.1, -0.05) is 146 Å². The van der Waals surface area contributed by atoms with Gasteiger partial charge in [0.2, 0.25) is 0 Å². The van der Waals surface area contributed by atoms with Gasteiger partial charge in [-0.05, 0) is 64.0 Å². The van der Waals surface area contributed by atoms with Crippen molar-refractivity contribution in [2.45, 2.75) is 0 Å². The molecular formula is C47H31N2OP. The molecule has 0 unspecified atom stereocenters.